The normalized spacial score (nSPS) is 22.3. The van der Waals surface area contributed by atoms with Crippen LogP contribution in [-0.2, 0) is 9.59 Å². The zero-order chi connectivity index (χ0) is 13.0. The molecule has 0 unspecified atom stereocenters. The van der Waals surface area contributed by atoms with Gasteiger partial charge in [0.2, 0.25) is 0 Å². The molecule has 2 aliphatic rings. The lowest BCUT2D eigenvalue weighted by atomic mass is 10.3. The van der Waals surface area contributed by atoms with Crippen molar-refractivity contribution in [3.63, 3.8) is 0 Å². The summed E-state index contributed by atoms with van der Waals surface area (Å²) >= 11 is 0. The average Bonchev–Trinajstić information content (AvgIpc) is 2.89. The minimum absolute atomic E-state index is 0.547. The lowest BCUT2D eigenvalue weighted by Gasteiger charge is -2.34. The van der Waals surface area contributed by atoms with Crippen LogP contribution in [0.25, 0.3) is 0 Å². The largest absolute Gasteiger partial charge is 0.361 e. The van der Waals surface area contributed by atoms with Crippen molar-refractivity contribution in [3.8, 4) is 0 Å². The van der Waals surface area contributed by atoms with Crippen molar-refractivity contribution >= 4 is 11.8 Å². The van der Waals surface area contributed by atoms with Crippen molar-refractivity contribution in [1.29, 1.82) is 0 Å². The fraction of sp³-hybridized carbons (Fsp3) is 0.833. The van der Waals surface area contributed by atoms with E-state index < -0.39 is 11.8 Å². The van der Waals surface area contributed by atoms with E-state index in [0.717, 1.165) is 26.2 Å². The van der Waals surface area contributed by atoms with Gasteiger partial charge in [0, 0.05) is 39.3 Å². The number of carbonyl (C=O) groups is 2. The van der Waals surface area contributed by atoms with E-state index in [1.807, 2.05) is 0 Å². The van der Waals surface area contributed by atoms with Gasteiger partial charge < -0.3 is 15.5 Å². The first-order valence-corrected chi connectivity index (χ1v) is 6.70. The molecule has 2 saturated heterocycles. The van der Waals surface area contributed by atoms with Crippen LogP contribution in [0.15, 0.2) is 0 Å². The maximum Gasteiger partial charge on any atom is 0.311 e. The SMILES string of the molecule is NC(=O)C(=O)N1CCN(CCN2CCCC2)CC1. The molecule has 2 N–H and O–H groups in total. The molecule has 0 aromatic rings. The smallest absolute Gasteiger partial charge is 0.311 e. The van der Waals surface area contributed by atoms with Crippen molar-refractivity contribution in [3.05, 3.63) is 0 Å². The molecule has 0 bridgehead atoms. The number of likely N-dealkylation sites (tertiary alicyclic amines) is 1. The second kappa shape index (κ2) is 6.15. The van der Waals surface area contributed by atoms with Crippen LogP contribution < -0.4 is 5.73 Å². The lowest BCUT2D eigenvalue weighted by Crippen LogP contribution is -2.52. The molecule has 0 aliphatic carbocycles. The van der Waals surface area contributed by atoms with Gasteiger partial charge in [-0.2, -0.15) is 0 Å². The summed E-state index contributed by atoms with van der Waals surface area (Å²) in [6.45, 7) is 7.52. The second-order valence-electron chi connectivity index (χ2n) is 5.05. The van der Waals surface area contributed by atoms with E-state index >= 15 is 0 Å². The third kappa shape index (κ3) is 3.43. The van der Waals surface area contributed by atoms with Gasteiger partial charge in [-0.15, -0.1) is 0 Å². The van der Waals surface area contributed by atoms with Gasteiger partial charge in [-0.1, -0.05) is 0 Å². The molecule has 0 spiro atoms. The topological polar surface area (TPSA) is 69.9 Å². The zero-order valence-corrected chi connectivity index (χ0v) is 10.8. The van der Waals surface area contributed by atoms with Crippen molar-refractivity contribution in [2.45, 2.75) is 12.8 Å². The number of rotatable bonds is 3. The van der Waals surface area contributed by atoms with Crippen molar-refractivity contribution in [2.75, 3.05) is 52.4 Å². The van der Waals surface area contributed by atoms with Gasteiger partial charge in [-0.3, -0.25) is 14.5 Å². The molecule has 0 aromatic heterocycles. The number of carbonyl (C=O) groups excluding carboxylic acids is 2. The first kappa shape index (κ1) is 13.3. The molecule has 102 valence electrons. The zero-order valence-electron chi connectivity index (χ0n) is 10.8. The molecule has 2 fully saturated rings. The van der Waals surface area contributed by atoms with Crippen LogP contribution in [0.4, 0.5) is 0 Å². The van der Waals surface area contributed by atoms with Gasteiger partial charge in [0.1, 0.15) is 0 Å². The van der Waals surface area contributed by atoms with Crippen LogP contribution in [0, 0.1) is 0 Å². The molecule has 2 amide bonds. The monoisotopic (exact) mass is 254 g/mol. The Balaban J connectivity index is 1.66. The van der Waals surface area contributed by atoms with Gasteiger partial charge in [0.15, 0.2) is 0 Å². The van der Waals surface area contributed by atoms with Gasteiger partial charge >= 0.3 is 11.8 Å². The third-order valence-electron chi connectivity index (χ3n) is 3.80. The summed E-state index contributed by atoms with van der Waals surface area (Å²) in [5.41, 5.74) is 4.99. The van der Waals surface area contributed by atoms with Crippen LogP contribution in [-0.4, -0.2) is 78.9 Å². The lowest BCUT2D eigenvalue weighted by molar-refractivity contribution is -0.145. The van der Waals surface area contributed by atoms with E-state index in [4.69, 9.17) is 5.73 Å². The molecule has 18 heavy (non-hydrogen) atoms. The van der Waals surface area contributed by atoms with E-state index in [9.17, 15) is 9.59 Å². The molecule has 2 rings (SSSR count). The van der Waals surface area contributed by atoms with E-state index in [1.54, 1.807) is 4.90 Å². The molecule has 0 atom stereocenters. The van der Waals surface area contributed by atoms with Crippen molar-refractivity contribution in [2.24, 2.45) is 5.73 Å². The predicted molar refractivity (Wildman–Crippen MR) is 67.9 cm³/mol. The molecule has 6 heteroatoms. The summed E-state index contributed by atoms with van der Waals surface area (Å²) in [7, 11) is 0. The Morgan fingerprint density at radius 3 is 1.83 bits per heavy atom. The second-order valence-corrected chi connectivity index (χ2v) is 5.05. The summed E-state index contributed by atoms with van der Waals surface area (Å²) in [4.78, 5) is 28.6. The van der Waals surface area contributed by atoms with E-state index in [0.29, 0.717) is 13.1 Å². The maximum atomic E-state index is 11.4. The van der Waals surface area contributed by atoms with E-state index in [1.165, 1.54) is 25.9 Å². The standard InChI is InChI=1S/C12H22N4O2/c13-11(17)12(18)16-9-7-15(8-10-16)6-5-14-3-1-2-4-14/h1-10H2,(H2,13,17). The van der Waals surface area contributed by atoms with Gasteiger partial charge in [0.25, 0.3) is 0 Å². The fourth-order valence-electron chi connectivity index (χ4n) is 2.62. The Hall–Kier alpha value is -1.14. The van der Waals surface area contributed by atoms with Crippen LogP contribution in [0.5, 0.6) is 0 Å². The Morgan fingerprint density at radius 2 is 1.33 bits per heavy atom. The molecule has 2 heterocycles. The van der Waals surface area contributed by atoms with Crippen molar-refractivity contribution < 1.29 is 9.59 Å². The van der Waals surface area contributed by atoms with Crippen LogP contribution in [0.2, 0.25) is 0 Å². The molecular weight excluding hydrogens is 232 g/mol. The number of amides is 2. The number of primary amides is 1. The maximum absolute atomic E-state index is 11.4. The quantitative estimate of drug-likeness (QED) is 0.636. The molecular formula is C12H22N4O2. The van der Waals surface area contributed by atoms with E-state index in [2.05, 4.69) is 9.80 Å². The van der Waals surface area contributed by atoms with Crippen LogP contribution in [0.1, 0.15) is 12.8 Å². The summed E-state index contributed by atoms with van der Waals surface area (Å²) in [5, 5.41) is 0. The Bertz CT molecular complexity index is 307. The number of nitrogens with zero attached hydrogens (tertiary/aromatic N) is 3. The summed E-state index contributed by atoms with van der Waals surface area (Å²) in [6.07, 6.45) is 2.64. The summed E-state index contributed by atoms with van der Waals surface area (Å²) in [5.74, 6) is -1.39. The molecule has 0 aromatic carbocycles. The predicted octanol–water partition coefficient (Wildman–Crippen LogP) is -1.29. The Morgan fingerprint density at radius 1 is 0.833 bits per heavy atom. The summed E-state index contributed by atoms with van der Waals surface area (Å²) in [6, 6.07) is 0. The highest BCUT2D eigenvalue weighted by Gasteiger charge is 2.24. The highest BCUT2D eigenvalue weighted by Crippen LogP contribution is 2.08. The van der Waals surface area contributed by atoms with Crippen LogP contribution in [0.3, 0.4) is 0 Å². The molecule has 2 aliphatic heterocycles. The van der Waals surface area contributed by atoms with Gasteiger partial charge in [-0.05, 0) is 25.9 Å². The third-order valence-corrected chi connectivity index (χ3v) is 3.80. The van der Waals surface area contributed by atoms with Gasteiger partial charge in [0.05, 0.1) is 0 Å². The highest BCUT2D eigenvalue weighted by atomic mass is 16.2. The minimum Gasteiger partial charge on any atom is -0.361 e. The number of hydrogen-bond donors (Lipinski definition) is 1. The fourth-order valence-corrected chi connectivity index (χ4v) is 2.62. The van der Waals surface area contributed by atoms with E-state index in [-0.39, 0.29) is 0 Å². The first-order valence-electron chi connectivity index (χ1n) is 6.70. The summed E-state index contributed by atoms with van der Waals surface area (Å²) < 4.78 is 0. The van der Waals surface area contributed by atoms with Crippen molar-refractivity contribution in [1.82, 2.24) is 14.7 Å². The number of nitrogens with two attached hydrogens (primary N) is 1. The highest BCUT2D eigenvalue weighted by molar-refractivity contribution is 6.34. The molecule has 0 radical (unpaired) electrons. The number of piperazine rings is 1. The minimum atomic E-state index is -0.847. The van der Waals surface area contributed by atoms with Crippen LogP contribution >= 0.6 is 0 Å². The average molecular weight is 254 g/mol. The Kier molecular flexibility index (Phi) is 4.54. The molecule has 6 nitrogen and oxygen atoms in total. The van der Waals surface area contributed by atoms with Gasteiger partial charge in [-0.25, -0.2) is 0 Å². The number of hydrogen-bond acceptors (Lipinski definition) is 4. The first-order chi connectivity index (χ1) is 8.66. The Labute approximate surface area is 108 Å². The molecule has 0 saturated carbocycles.